The van der Waals surface area contributed by atoms with Crippen LogP contribution in [0.3, 0.4) is 0 Å². The van der Waals surface area contributed by atoms with Crippen LogP contribution in [0.25, 0.3) is 21.5 Å². The largest absolute Gasteiger partial charge is 0.273 e. The zero-order valence-corrected chi connectivity index (χ0v) is 21.4. The van der Waals surface area contributed by atoms with Gasteiger partial charge in [-0.25, -0.2) is 9.96 Å². The summed E-state index contributed by atoms with van der Waals surface area (Å²) in [5.74, 6) is -1.53. The molecule has 5 aromatic carbocycles. The maximum absolute atomic E-state index is 14.1. The van der Waals surface area contributed by atoms with Crippen molar-refractivity contribution in [2.24, 2.45) is 5.92 Å². The number of carbonyl (C=O) groups excluding carboxylic acids is 2. The molecule has 38 heavy (non-hydrogen) atoms. The number of amides is 2. The molecule has 0 aromatic heterocycles. The molecule has 0 bridgehead atoms. The molecule has 2 aliphatic rings. The maximum Gasteiger partial charge on any atom is 0.266 e. The Morgan fingerprint density at radius 1 is 0.632 bits per heavy atom. The molecule has 2 amide bonds. The third-order valence-electron chi connectivity index (χ3n) is 7.40. The van der Waals surface area contributed by atoms with Gasteiger partial charge in [0.25, 0.3) is 5.91 Å². The molecule has 2 fully saturated rings. The number of anilines is 2. The van der Waals surface area contributed by atoms with Crippen molar-refractivity contribution in [1.82, 2.24) is 0 Å². The topological polar surface area (TPSA) is 49.9 Å². The quantitative estimate of drug-likeness (QED) is 0.178. The molecule has 0 aliphatic carbocycles. The second-order valence-electron chi connectivity index (χ2n) is 9.50. The Balaban J connectivity index is 1.46. The van der Waals surface area contributed by atoms with Crippen LogP contribution >= 0.6 is 23.2 Å². The molecule has 7 rings (SSSR count). The Morgan fingerprint density at radius 2 is 1.26 bits per heavy atom. The van der Waals surface area contributed by atoms with Crippen LogP contribution in [-0.4, -0.2) is 17.9 Å². The van der Waals surface area contributed by atoms with Gasteiger partial charge in [0.1, 0.15) is 5.92 Å². The smallest absolute Gasteiger partial charge is 0.266 e. The van der Waals surface area contributed by atoms with Gasteiger partial charge < -0.3 is 0 Å². The number of halogens is 2. The van der Waals surface area contributed by atoms with Crippen LogP contribution in [0.1, 0.15) is 11.6 Å². The fourth-order valence-electron chi connectivity index (χ4n) is 5.75. The highest BCUT2D eigenvalue weighted by Gasteiger charge is 2.60. The Bertz CT molecular complexity index is 1700. The summed E-state index contributed by atoms with van der Waals surface area (Å²) in [5, 5.41) is 6.48. The number of fused-ring (bicyclic) bond motifs is 3. The molecule has 186 valence electrons. The van der Waals surface area contributed by atoms with E-state index in [1.54, 1.807) is 17.2 Å². The van der Waals surface area contributed by atoms with Crippen molar-refractivity contribution >= 4 is 67.9 Å². The minimum Gasteiger partial charge on any atom is -0.273 e. The van der Waals surface area contributed by atoms with Gasteiger partial charge in [-0.3, -0.25) is 14.4 Å². The lowest BCUT2D eigenvalue weighted by Gasteiger charge is -2.30. The number of hydrogen-bond acceptors (Lipinski definition) is 4. The number of hydroxylamine groups is 1. The number of rotatable bonds is 3. The average Bonchev–Trinajstić information content (AvgIpc) is 3.44. The van der Waals surface area contributed by atoms with E-state index < -0.39 is 24.0 Å². The molecule has 2 heterocycles. The zero-order valence-electron chi connectivity index (χ0n) is 19.9. The molecule has 0 unspecified atom stereocenters. The summed E-state index contributed by atoms with van der Waals surface area (Å²) in [5.41, 5.74) is 2.10. The van der Waals surface area contributed by atoms with E-state index in [4.69, 9.17) is 28.0 Å². The van der Waals surface area contributed by atoms with Crippen molar-refractivity contribution in [2.45, 2.75) is 12.1 Å². The van der Waals surface area contributed by atoms with Crippen LogP contribution in [0.4, 0.5) is 11.4 Å². The van der Waals surface area contributed by atoms with E-state index in [0.29, 0.717) is 10.7 Å². The van der Waals surface area contributed by atoms with Crippen LogP contribution in [-0.2, 0) is 14.4 Å². The summed E-state index contributed by atoms with van der Waals surface area (Å²) < 4.78 is 0. The van der Waals surface area contributed by atoms with Gasteiger partial charge in [-0.2, -0.15) is 0 Å². The van der Waals surface area contributed by atoms with Gasteiger partial charge in [-0.1, -0.05) is 89.9 Å². The maximum atomic E-state index is 14.1. The minimum atomic E-state index is -0.986. The first-order valence-corrected chi connectivity index (χ1v) is 13.0. The first kappa shape index (κ1) is 23.2. The number of benzene rings is 5. The molecule has 7 heteroatoms. The molecule has 5 nitrogen and oxygen atoms in total. The van der Waals surface area contributed by atoms with Gasteiger partial charge in [-0.15, -0.1) is 0 Å². The van der Waals surface area contributed by atoms with Gasteiger partial charge in [0, 0.05) is 0 Å². The van der Waals surface area contributed by atoms with E-state index in [1.165, 1.54) is 11.0 Å². The van der Waals surface area contributed by atoms with Gasteiger partial charge in [-0.05, 0) is 63.5 Å². The van der Waals surface area contributed by atoms with Crippen LogP contribution in [0.5, 0.6) is 0 Å². The predicted molar refractivity (Wildman–Crippen MR) is 150 cm³/mol. The number of imide groups is 1. The lowest BCUT2D eigenvalue weighted by atomic mass is 9.84. The monoisotopic (exact) mass is 538 g/mol. The Labute approximate surface area is 228 Å². The zero-order chi connectivity index (χ0) is 26.0. The van der Waals surface area contributed by atoms with Gasteiger partial charge in [0.15, 0.2) is 6.10 Å². The van der Waals surface area contributed by atoms with Crippen LogP contribution in [0.2, 0.25) is 10.0 Å². The van der Waals surface area contributed by atoms with Crippen molar-refractivity contribution in [3.63, 3.8) is 0 Å². The third-order valence-corrected chi connectivity index (χ3v) is 8.14. The molecule has 3 atom stereocenters. The Morgan fingerprint density at radius 3 is 1.92 bits per heavy atom. The van der Waals surface area contributed by atoms with Crippen molar-refractivity contribution in [3.05, 3.63) is 119 Å². The highest BCUT2D eigenvalue weighted by molar-refractivity contribution is 6.42. The first-order chi connectivity index (χ1) is 18.5. The lowest BCUT2D eigenvalue weighted by Crippen LogP contribution is -2.37. The standard InChI is InChI=1S/C31H20Cl2N2O3/c32-24-15-14-21(17-25(24)33)34-30(36)27-28(35(38-29(27)31(34)37)20-10-2-1-3-11-20)26-22-12-6-4-8-18(22)16-19-9-5-7-13-23(19)26/h1-17,27-29H/t27-,28-,29-/m1/s1. The fraction of sp³-hybridized carbons (Fsp3) is 0.0968. The summed E-state index contributed by atoms with van der Waals surface area (Å²) in [4.78, 5) is 35.5. The molecule has 0 spiro atoms. The van der Waals surface area contributed by atoms with E-state index in [1.807, 2.05) is 54.6 Å². The van der Waals surface area contributed by atoms with Gasteiger partial charge in [0.05, 0.1) is 27.5 Å². The average molecular weight is 539 g/mol. The van der Waals surface area contributed by atoms with Crippen molar-refractivity contribution in [1.29, 1.82) is 0 Å². The number of hydrogen-bond donors (Lipinski definition) is 0. The van der Waals surface area contributed by atoms with Crippen molar-refractivity contribution in [3.8, 4) is 0 Å². The number of para-hydroxylation sites is 1. The van der Waals surface area contributed by atoms with Crippen molar-refractivity contribution < 1.29 is 14.4 Å². The summed E-state index contributed by atoms with van der Waals surface area (Å²) in [6.07, 6.45) is -0.986. The highest BCUT2D eigenvalue weighted by atomic mass is 35.5. The highest BCUT2D eigenvalue weighted by Crippen LogP contribution is 2.51. The Kier molecular flexibility index (Phi) is 5.41. The second kappa shape index (κ2) is 8.84. The van der Waals surface area contributed by atoms with Gasteiger partial charge >= 0.3 is 0 Å². The molecular formula is C31H20Cl2N2O3. The molecule has 0 saturated carbocycles. The fourth-order valence-corrected chi connectivity index (χ4v) is 6.04. The predicted octanol–water partition coefficient (Wildman–Crippen LogP) is 7.35. The first-order valence-electron chi connectivity index (χ1n) is 12.3. The van der Waals surface area contributed by atoms with Crippen LogP contribution in [0.15, 0.2) is 103 Å². The number of nitrogens with zero attached hydrogens (tertiary/aromatic N) is 2. The summed E-state index contributed by atoms with van der Waals surface area (Å²) in [6, 6.07) is 32.2. The minimum absolute atomic E-state index is 0.269. The van der Waals surface area contributed by atoms with Crippen molar-refractivity contribution in [2.75, 3.05) is 9.96 Å². The van der Waals surface area contributed by atoms with E-state index >= 15 is 0 Å². The molecule has 2 aliphatic heterocycles. The molecule has 0 radical (unpaired) electrons. The summed E-state index contributed by atoms with van der Waals surface area (Å²) in [6.45, 7) is 0. The summed E-state index contributed by atoms with van der Waals surface area (Å²) >= 11 is 12.4. The summed E-state index contributed by atoms with van der Waals surface area (Å²) in [7, 11) is 0. The SMILES string of the molecule is O=C1[C@@H]2[C@@H](c3c4ccccc4cc4ccccc34)N(c3ccccc3)O[C@H]2C(=O)N1c1ccc(Cl)c(Cl)c1. The van der Waals surface area contributed by atoms with E-state index in [-0.39, 0.29) is 10.9 Å². The van der Waals surface area contributed by atoms with Gasteiger partial charge in [0.2, 0.25) is 5.91 Å². The molecule has 0 N–H and O–H groups in total. The second-order valence-corrected chi connectivity index (χ2v) is 10.3. The Hall–Kier alpha value is -3.90. The van der Waals surface area contributed by atoms with E-state index in [0.717, 1.165) is 32.8 Å². The lowest BCUT2D eigenvalue weighted by molar-refractivity contribution is -0.126. The number of carbonyl (C=O) groups is 2. The molecule has 2 saturated heterocycles. The van der Waals surface area contributed by atoms with Crippen LogP contribution < -0.4 is 9.96 Å². The van der Waals surface area contributed by atoms with E-state index in [9.17, 15) is 9.59 Å². The third kappa shape index (κ3) is 3.43. The molecular weight excluding hydrogens is 519 g/mol. The normalized spacial score (nSPS) is 21.1. The molecule has 5 aromatic rings. The van der Waals surface area contributed by atoms with Crippen LogP contribution in [0, 0.1) is 5.92 Å². The van der Waals surface area contributed by atoms with E-state index in [2.05, 4.69) is 30.3 Å².